The Morgan fingerprint density at radius 3 is 2.19 bits per heavy atom. The number of non-ortho nitro benzene ring substituents is 1. The van der Waals surface area contributed by atoms with Crippen molar-refractivity contribution in [2.75, 3.05) is 24.6 Å². The van der Waals surface area contributed by atoms with Crippen molar-refractivity contribution in [2.45, 2.75) is 11.8 Å². The number of sulfonamides is 1. The Labute approximate surface area is 156 Å². The Morgan fingerprint density at radius 2 is 1.70 bits per heavy atom. The largest absolute Gasteiger partial charge is 0.497 e. The molecule has 0 aliphatic rings. The summed E-state index contributed by atoms with van der Waals surface area (Å²) in [5, 5.41) is 10.8. The number of anilines is 1. The maximum Gasteiger partial charge on any atom is 0.326 e. The van der Waals surface area contributed by atoms with Crippen LogP contribution in [0.15, 0.2) is 53.4 Å². The lowest BCUT2D eigenvalue weighted by Crippen LogP contribution is -2.36. The summed E-state index contributed by atoms with van der Waals surface area (Å²) >= 11 is 0. The quantitative estimate of drug-likeness (QED) is 0.383. The molecule has 0 fully saturated rings. The first kappa shape index (κ1) is 20.2. The van der Waals surface area contributed by atoms with E-state index in [1.54, 1.807) is 19.1 Å². The Kier molecular flexibility index (Phi) is 6.35. The second-order valence-electron chi connectivity index (χ2n) is 5.27. The van der Waals surface area contributed by atoms with Crippen LogP contribution in [-0.4, -0.2) is 39.6 Å². The van der Waals surface area contributed by atoms with Gasteiger partial charge in [0.05, 0.1) is 29.2 Å². The molecule has 9 nitrogen and oxygen atoms in total. The lowest BCUT2D eigenvalue weighted by Gasteiger charge is -2.23. The van der Waals surface area contributed by atoms with E-state index >= 15 is 0 Å². The van der Waals surface area contributed by atoms with Crippen molar-refractivity contribution in [3.05, 3.63) is 58.6 Å². The van der Waals surface area contributed by atoms with Crippen LogP contribution in [0.5, 0.6) is 5.75 Å². The smallest absolute Gasteiger partial charge is 0.326 e. The van der Waals surface area contributed by atoms with E-state index < -0.39 is 27.5 Å². The van der Waals surface area contributed by atoms with E-state index in [4.69, 9.17) is 9.47 Å². The van der Waals surface area contributed by atoms with Gasteiger partial charge < -0.3 is 9.47 Å². The number of carbonyl (C=O) groups excluding carboxylic acids is 1. The molecule has 0 aromatic heterocycles. The molecular formula is C17H18N2O7S. The minimum absolute atomic E-state index is 0.104. The Bertz CT molecular complexity index is 909. The molecule has 0 bridgehead atoms. The third-order valence-electron chi connectivity index (χ3n) is 3.57. The standard InChI is InChI=1S/C17H18N2O7S/c1-3-26-17(20)12-18(13-4-8-15(25-2)9-5-13)27(23,24)16-10-6-14(7-11-16)19(21)22/h4-11H,3,12H2,1-2H3. The SMILES string of the molecule is CCOC(=O)CN(c1ccc(OC)cc1)S(=O)(=O)c1ccc([N+](=O)[O-])cc1. The molecule has 0 heterocycles. The number of methoxy groups -OCH3 is 1. The van der Waals surface area contributed by atoms with Crippen LogP contribution in [0.2, 0.25) is 0 Å². The van der Waals surface area contributed by atoms with Gasteiger partial charge in [0.25, 0.3) is 15.7 Å². The molecule has 2 aromatic rings. The van der Waals surface area contributed by atoms with Gasteiger partial charge in [-0.3, -0.25) is 19.2 Å². The number of hydrogen-bond donors (Lipinski definition) is 0. The fourth-order valence-electron chi connectivity index (χ4n) is 2.25. The van der Waals surface area contributed by atoms with Crippen LogP contribution in [-0.2, 0) is 19.6 Å². The highest BCUT2D eigenvalue weighted by molar-refractivity contribution is 7.92. The van der Waals surface area contributed by atoms with Crippen molar-refractivity contribution >= 4 is 27.4 Å². The van der Waals surface area contributed by atoms with Crippen molar-refractivity contribution < 1.29 is 27.6 Å². The predicted molar refractivity (Wildman–Crippen MR) is 97.3 cm³/mol. The van der Waals surface area contributed by atoms with Gasteiger partial charge >= 0.3 is 5.97 Å². The maximum absolute atomic E-state index is 13.0. The number of carbonyl (C=O) groups is 1. The van der Waals surface area contributed by atoms with E-state index in [2.05, 4.69) is 0 Å². The molecule has 0 aliphatic heterocycles. The van der Waals surface area contributed by atoms with Gasteiger partial charge in [-0.2, -0.15) is 0 Å². The second kappa shape index (κ2) is 8.49. The van der Waals surface area contributed by atoms with Crippen LogP contribution in [0.25, 0.3) is 0 Å². The molecule has 0 aliphatic carbocycles. The lowest BCUT2D eigenvalue weighted by atomic mass is 10.3. The lowest BCUT2D eigenvalue weighted by molar-refractivity contribution is -0.384. The van der Waals surface area contributed by atoms with Crippen molar-refractivity contribution in [2.24, 2.45) is 0 Å². The first-order valence-electron chi connectivity index (χ1n) is 7.86. The van der Waals surface area contributed by atoms with Crippen molar-refractivity contribution in [3.8, 4) is 5.75 Å². The van der Waals surface area contributed by atoms with E-state index in [9.17, 15) is 23.3 Å². The molecule has 144 valence electrons. The molecule has 0 radical (unpaired) electrons. The number of nitro benzene ring substituents is 1. The second-order valence-corrected chi connectivity index (χ2v) is 7.13. The zero-order valence-electron chi connectivity index (χ0n) is 14.7. The molecule has 0 saturated carbocycles. The third kappa shape index (κ3) is 4.73. The van der Waals surface area contributed by atoms with Gasteiger partial charge in [0.2, 0.25) is 0 Å². The van der Waals surface area contributed by atoms with E-state index in [0.29, 0.717) is 5.75 Å². The minimum Gasteiger partial charge on any atom is -0.497 e. The van der Waals surface area contributed by atoms with Gasteiger partial charge in [-0.15, -0.1) is 0 Å². The first-order chi connectivity index (χ1) is 12.8. The molecule has 0 saturated heterocycles. The molecule has 27 heavy (non-hydrogen) atoms. The number of benzene rings is 2. The van der Waals surface area contributed by atoms with Crippen LogP contribution in [0.3, 0.4) is 0 Å². The number of rotatable bonds is 8. The number of hydrogen-bond acceptors (Lipinski definition) is 7. The fourth-order valence-corrected chi connectivity index (χ4v) is 3.66. The first-order valence-corrected chi connectivity index (χ1v) is 9.30. The van der Waals surface area contributed by atoms with E-state index in [0.717, 1.165) is 28.6 Å². The minimum atomic E-state index is -4.16. The summed E-state index contributed by atoms with van der Waals surface area (Å²) in [7, 11) is -2.69. The van der Waals surface area contributed by atoms with Crippen LogP contribution in [0.4, 0.5) is 11.4 Å². The molecule has 0 N–H and O–H groups in total. The van der Waals surface area contributed by atoms with Crippen molar-refractivity contribution in [1.29, 1.82) is 0 Å². The molecule has 0 unspecified atom stereocenters. The third-order valence-corrected chi connectivity index (χ3v) is 5.36. The summed E-state index contributed by atoms with van der Waals surface area (Å²) in [4.78, 5) is 21.9. The van der Waals surface area contributed by atoms with Crippen LogP contribution < -0.4 is 9.04 Å². The summed E-state index contributed by atoms with van der Waals surface area (Å²) in [5.41, 5.74) is -0.0162. The molecule has 0 atom stereocenters. The average Bonchev–Trinajstić information content (AvgIpc) is 2.66. The monoisotopic (exact) mass is 394 g/mol. The summed E-state index contributed by atoms with van der Waals surface area (Å²) < 4.78 is 36.8. The predicted octanol–water partition coefficient (Wildman–Crippen LogP) is 2.36. The summed E-state index contributed by atoms with van der Waals surface area (Å²) in [6, 6.07) is 10.5. The van der Waals surface area contributed by atoms with E-state index in [1.165, 1.54) is 19.2 Å². The zero-order valence-corrected chi connectivity index (χ0v) is 15.5. The summed E-state index contributed by atoms with van der Waals surface area (Å²) in [6.45, 7) is 1.17. The van der Waals surface area contributed by atoms with Crippen molar-refractivity contribution in [3.63, 3.8) is 0 Å². The fraction of sp³-hybridized carbons (Fsp3) is 0.235. The Balaban J connectivity index is 2.45. The van der Waals surface area contributed by atoms with Gasteiger partial charge in [0.1, 0.15) is 12.3 Å². The Morgan fingerprint density at radius 1 is 1.11 bits per heavy atom. The molecule has 0 amide bonds. The summed E-state index contributed by atoms with van der Waals surface area (Å²) in [5.74, 6) is -0.207. The van der Waals surface area contributed by atoms with E-state index in [-0.39, 0.29) is 22.9 Å². The molecular weight excluding hydrogens is 376 g/mol. The molecule has 0 spiro atoms. The van der Waals surface area contributed by atoms with Crippen LogP contribution >= 0.6 is 0 Å². The normalized spacial score (nSPS) is 10.9. The highest BCUT2D eigenvalue weighted by atomic mass is 32.2. The molecule has 10 heteroatoms. The maximum atomic E-state index is 13.0. The van der Waals surface area contributed by atoms with Gasteiger partial charge in [0, 0.05) is 12.1 Å². The molecule has 2 rings (SSSR count). The number of esters is 1. The van der Waals surface area contributed by atoms with Gasteiger partial charge in [-0.1, -0.05) is 0 Å². The highest BCUT2D eigenvalue weighted by Crippen LogP contribution is 2.26. The van der Waals surface area contributed by atoms with Gasteiger partial charge in [0.15, 0.2) is 0 Å². The average molecular weight is 394 g/mol. The highest BCUT2D eigenvalue weighted by Gasteiger charge is 2.28. The van der Waals surface area contributed by atoms with Crippen LogP contribution in [0, 0.1) is 10.1 Å². The van der Waals surface area contributed by atoms with Gasteiger partial charge in [-0.05, 0) is 43.3 Å². The van der Waals surface area contributed by atoms with Gasteiger partial charge in [-0.25, -0.2) is 8.42 Å². The summed E-state index contributed by atoms with van der Waals surface area (Å²) in [6.07, 6.45) is 0. The van der Waals surface area contributed by atoms with E-state index in [1.807, 2.05) is 0 Å². The molecule has 2 aromatic carbocycles. The Hall–Kier alpha value is -3.14. The number of nitrogens with zero attached hydrogens (tertiary/aromatic N) is 2. The number of nitro groups is 1. The topological polar surface area (TPSA) is 116 Å². The zero-order chi connectivity index (χ0) is 20.0. The van der Waals surface area contributed by atoms with Crippen LogP contribution in [0.1, 0.15) is 6.92 Å². The number of ether oxygens (including phenoxy) is 2. The van der Waals surface area contributed by atoms with Crippen molar-refractivity contribution in [1.82, 2.24) is 0 Å².